The smallest absolute Gasteiger partial charge is 0.272 e. The Labute approximate surface area is 246 Å². The molecule has 2 N–H and O–H groups in total. The van der Waals surface area contributed by atoms with Crippen LogP contribution in [0.5, 0.6) is 5.75 Å². The molecule has 7 nitrogen and oxygen atoms in total. The fraction of sp³-hybridized carbons (Fsp3) is 0.114. The number of amides is 2. The number of allylic oxidation sites excluding steroid dienone is 1. The van der Waals surface area contributed by atoms with E-state index in [-0.39, 0.29) is 11.5 Å². The lowest BCUT2D eigenvalue weighted by Crippen LogP contribution is -2.30. The quantitative estimate of drug-likeness (QED) is 0.163. The third kappa shape index (κ3) is 8.29. The Kier molecular flexibility index (Phi) is 10.0. The SMILES string of the molecule is CCOc1ccc(/C=C(\NC(=O)c2ccccc2)C(=O)Nc2ccc(C(=O)/C=C/c3ccc(N(C)C)cc3)cc2)cc1. The van der Waals surface area contributed by atoms with Crippen LogP contribution in [0.4, 0.5) is 11.4 Å². The Bertz CT molecular complexity index is 1570. The van der Waals surface area contributed by atoms with Crippen LogP contribution in [0.1, 0.15) is 38.8 Å². The first-order valence-electron chi connectivity index (χ1n) is 13.5. The Morgan fingerprint density at radius 1 is 0.762 bits per heavy atom. The van der Waals surface area contributed by atoms with Crippen LogP contribution in [0.3, 0.4) is 0 Å². The van der Waals surface area contributed by atoms with Crippen molar-refractivity contribution in [3.63, 3.8) is 0 Å². The van der Waals surface area contributed by atoms with Crippen LogP contribution >= 0.6 is 0 Å². The molecule has 0 spiro atoms. The van der Waals surface area contributed by atoms with Gasteiger partial charge in [0.25, 0.3) is 11.8 Å². The highest BCUT2D eigenvalue weighted by Gasteiger charge is 2.15. The van der Waals surface area contributed by atoms with Gasteiger partial charge in [0.1, 0.15) is 11.4 Å². The molecule has 0 aliphatic heterocycles. The molecule has 0 heterocycles. The summed E-state index contributed by atoms with van der Waals surface area (Å²) in [6.45, 7) is 2.45. The second-order valence-electron chi connectivity index (χ2n) is 9.60. The van der Waals surface area contributed by atoms with Gasteiger partial charge in [0, 0.05) is 36.6 Å². The highest BCUT2D eigenvalue weighted by molar-refractivity contribution is 6.11. The van der Waals surface area contributed by atoms with Gasteiger partial charge in [-0.2, -0.15) is 0 Å². The number of nitrogens with zero attached hydrogens (tertiary/aromatic N) is 1. The minimum absolute atomic E-state index is 0.0661. The van der Waals surface area contributed by atoms with Gasteiger partial charge in [-0.1, -0.05) is 48.5 Å². The number of ether oxygens (including phenoxy) is 1. The second kappa shape index (κ2) is 14.3. The first kappa shape index (κ1) is 29.6. The van der Waals surface area contributed by atoms with Crippen LogP contribution in [0.25, 0.3) is 12.2 Å². The average molecular weight is 560 g/mol. The second-order valence-corrected chi connectivity index (χ2v) is 9.60. The minimum Gasteiger partial charge on any atom is -0.494 e. The van der Waals surface area contributed by atoms with Crippen LogP contribution in [-0.2, 0) is 4.79 Å². The standard InChI is InChI=1S/C35H33N3O4/c1-4-42-31-21-12-26(13-22-31)24-32(37-34(40)28-8-6-5-7-9-28)35(41)36-29-17-15-27(16-18-29)33(39)23-14-25-10-19-30(20-11-25)38(2)3/h5-24H,4H2,1-3H3,(H,36,41)(H,37,40)/b23-14+,32-24-. The maximum atomic E-state index is 13.3. The van der Waals surface area contributed by atoms with Crippen molar-refractivity contribution in [2.75, 3.05) is 30.9 Å². The molecule has 0 unspecified atom stereocenters. The van der Waals surface area contributed by atoms with Crippen LogP contribution in [-0.4, -0.2) is 38.3 Å². The summed E-state index contributed by atoms with van der Waals surface area (Å²) in [5, 5.41) is 5.54. The van der Waals surface area contributed by atoms with Gasteiger partial charge in [0.15, 0.2) is 5.78 Å². The fourth-order valence-corrected chi connectivity index (χ4v) is 4.00. The fourth-order valence-electron chi connectivity index (χ4n) is 4.00. The van der Waals surface area contributed by atoms with Crippen molar-refractivity contribution in [1.82, 2.24) is 5.32 Å². The minimum atomic E-state index is -0.506. The molecular formula is C35H33N3O4. The molecule has 0 aliphatic rings. The molecule has 0 saturated carbocycles. The summed E-state index contributed by atoms with van der Waals surface area (Å²) >= 11 is 0. The number of ketones is 1. The number of nitrogens with one attached hydrogen (secondary N) is 2. The van der Waals surface area contributed by atoms with Gasteiger partial charge in [-0.05, 0) is 90.9 Å². The molecule has 7 heteroatoms. The Morgan fingerprint density at radius 2 is 1.40 bits per heavy atom. The molecular weight excluding hydrogens is 526 g/mol. The maximum absolute atomic E-state index is 13.3. The average Bonchev–Trinajstić information content (AvgIpc) is 3.01. The van der Waals surface area contributed by atoms with Crippen molar-refractivity contribution in [3.05, 3.63) is 137 Å². The van der Waals surface area contributed by atoms with Crippen molar-refractivity contribution in [2.24, 2.45) is 0 Å². The highest BCUT2D eigenvalue weighted by Crippen LogP contribution is 2.17. The lowest BCUT2D eigenvalue weighted by molar-refractivity contribution is -0.113. The van der Waals surface area contributed by atoms with E-state index in [1.165, 1.54) is 6.08 Å². The normalized spacial score (nSPS) is 11.2. The molecule has 0 radical (unpaired) electrons. The number of hydrogen-bond acceptors (Lipinski definition) is 5. The third-order valence-electron chi connectivity index (χ3n) is 6.29. The van der Waals surface area contributed by atoms with E-state index in [9.17, 15) is 14.4 Å². The van der Waals surface area contributed by atoms with Gasteiger partial charge in [-0.25, -0.2) is 0 Å². The van der Waals surface area contributed by atoms with Crippen LogP contribution in [0.2, 0.25) is 0 Å². The van der Waals surface area contributed by atoms with Crippen LogP contribution in [0, 0.1) is 0 Å². The predicted molar refractivity (Wildman–Crippen MR) is 169 cm³/mol. The Morgan fingerprint density at radius 3 is 2.02 bits per heavy atom. The topological polar surface area (TPSA) is 87.7 Å². The van der Waals surface area contributed by atoms with E-state index in [1.54, 1.807) is 84.9 Å². The summed E-state index contributed by atoms with van der Waals surface area (Å²) < 4.78 is 5.49. The summed E-state index contributed by atoms with van der Waals surface area (Å²) in [6.07, 6.45) is 4.89. The molecule has 4 rings (SSSR count). The maximum Gasteiger partial charge on any atom is 0.272 e. The molecule has 0 bridgehead atoms. The zero-order valence-electron chi connectivity index (χ0n) is 23.8. The molecule has 4 aromatic carbocycles. The van der Waals surface area contributed by atoms with Crippen molar-refractivity contribution in [1.29, 1.82) is 0 Å². The van der Waals surface area contributed by atoms with Crippen LogP contribution in [0.15, 0.2) is 115 Å². The molecule has 2 amide bonds. The zero-order chi connectivity index (χ0) is 29.9. The molecule has 0 aromatic heterocycles. The largest absolute Gasteiger partial charge is 0.494 e. The molecule has 0 aliphatic carbocycles. The summed E-state index contributed by atoms with van der Waals surface area (Å²) in [5.74, 6) is -0.364. The van der Waals surface area contributed by atoms with E-state index in [2.05, 4.69) is 10.6 Å². The monoisotopic (exact) mass is 559 g/mol. The first-order valence-corrected chi connectivity index (χ1v) is 13.5. The van der Waals surface area contributed by atoms with Crippen molar-refractivity contribution in [3.8, 4) is 5.75 Å². The first-order chi connectivity index (χ1) is 20.3. The van der Waals surface area contributed by atoms with E-state index in [4.69, 9.17) is 4.74 Å². The number of rotatable bonds is 11. The van der Waals surface area contributed by atoms with E-state index in [1.807, 2.05) is 56.3 Å². The number of carbonyl (C=O) groups is 3. The van der Waals surface area contributed by atoms with Crippen molar-refractivity contribution in [2.45, 2.75) is 6.92 Å². The summed E-state index contributed by atoms with van der Waals surface area (Å²) in [4.78, 5) is 40.9. The van der Waals surface area contributed by atoms with Crippen LogP contribution < -0.4 is 20.3 Å². The van der Waals surface area contributed by atoms with E-state index < -0.39 is 11.8 Å². The number of benzene rings is 4. The predicted octanol–water partition coefficient (Wildman–Crippen LogP) is 6.46. The van der Waals surface area contributed by atoms with E-state index in [0.717, 1.165) is 11.3 Å². The third-order valence-corrected chi connectivity index (χ3v) is 6.29. The van der Waals surface area contributed by atoms with Gasteiger partial charge in [-0.15, -0.1) is 0 Å². The lowest BCUT2D eigenvalue weighted by Gasteiger charge is -2.12. The Balaban J connectivity index is 1.47. The van der Waals surface area contributed by atoms with Crippen molar-refractivity contribution >= 4 is 41.1 Å². The van der Waals surface area contributed by atoms with Gasteiger partial charge < -0.3 is 20.3 Å². The lowest BCUT2D eigenvalue weighted by atomic mass is 10.1. The number of hydrogen-bond donors (Lipinski definition) is 2. The van der Waals surface area contributed by atoms with E-state index in [0.29, 0.717) is 34.7 Å². The highest BCUT2D eigenvalue weighted by atomic mass is 16.5. The molecule has 4 aromatic rings. The van der Waals surface area contributed by atoms with Gasteiger partial charge in [0.2, 0.25) is 0 Å². The number of anilines is 2. The van der Waals surface area contributed by atoms with Gasteiger partial charge in [-0.3, -0.25) is 14.4 Å². The molecule has 212 valence electrons. The summed E-state index contributed by atoms with van der Waals surface area (Å²) in [6, 6.07) is 30.3. The van der Waals surface area contributed by atoms with Crippen molar-refractivity contribution < 1.29 is 19.1 Å². The summed E-state index contributed by atoms with van der Waals surface area (Å²) in [7, 11) is 3.94. The summed E-state index contributed by atoms with van der Waals surface area (Å²) in [5.41, 5.74) is 4.16. The zero-order valence-corrected chi connectivity index (χ0v) is 23.8. The Hall–Kier alpha value is -5.43. The van der Waals surface area contributed by atoms with E-state index >= 15 is 0 Å². The number of carbonyl (C=O) groups excluding carboxylic acids is 3. The van der Waals surface area contributed by atoms with Gasteiger partial charge >= 0.3 is 0 Å². The molecule has 0 atom stereocenters. The van der Waals surface area contributed by atoms with Gasteiger partial charge in [0.05, 0.1) is 6.61 Å². The molecule has 0 saturated heterocycles. The molecule has 0 fully saturated rings. The molecule has 42 heavy (non-hydrogen) atoms.